The monoisotopic (exact) mass is 541 g/mol. The first-order chi connectivity index (χ1) is 17.3. The molecule has 6 nitrogen and oxygen atoms in total. The summed E-state index contributed by atoms with van der Waals surface area (Å²) < 4.78 is 57.8. The van der Waals surface area contributed by atoms with Crippen LogP contribution in [0.3, 0.4) is 0 Å². The molecule has 2 heterocycles. The fourth-order valence-electron chi connectivity index (χ4n) is 5.01. The van der Waals surface area contributed by atoms with Gasteiger partial charge in [0.05, 0.1) is 11.1 Å². The lowest BCUT2D eigenvalue weighted by Crippen LogP contribution is -2.50. The highest BCUT2D eigenvalue weighted by atomic mass is 31.0. The molecule has 37 heavy (non-hydrogen) atoms. The van der Waals surface area contributed by atoms with E-state index in [-0.39, 0.29) is 30.3 Å². The molecule has 1 aromatic rings. The molecular formula is C26H36F4N5OP. The van der Waals surface area contributed by atoms with Crippen molar-refractivity contribution in [1.82, 2.24) is 15.6 Å². The lowest BCUT2D eigenvalue weighted by atomic mass is 9.63. The lowest BCUT2D eigenvalue weighted by molar-refractivity contribution is -0.212. The highest BCUT2D eigenvalue weighted by molar-refractivity contribution is 7.17. The third kappa shape index (κ3) is 6.23. The minimum Gasteiger partial charge on any atom is -0.354 e. The van der Waals surface area contributed by atoms with Gasteiger partial charge in [0.1, 0.15) is 17.6 Å². The number of amides is 1. The Bertz CT molecular complexity index is 1080. The highest BCUT2D eigenvalue weighted by Crippen LogP contribution is 2.55. The Morgan fingerprint density at radius 3 is 2.54 bits per heavy atom. The number of piperazine rings is 1. The van der Waals surface area contributed by atoms with Crippen LogP contribution in [0, 0.1) is 5.92 Å². The number of carbonyl (C=O) groups is 1. The number of pyridine rings is 1. The minimum atomic E-state index is -4.42. The number of carbonyl (C=O) groups excluding carboxylic acids is 1. The summed E-state index contributed by atoms with van der Waals surface area (Å²) in [5.74, 6) is -2.04. The summed E-state index contributed by atoms with van der Waals surface area (Å²) in [5.41, 5.74) is -0.701. The van der Waals surface area contributed by atoms with Gasteiger partial charge >= 0.3 is 6.18 Å². The van der Waals surface area contributed by atoms with Crippen LogP contribution in [0.4, 0.5) is 23.4 Å². The van der Waals surface area contributed by atoms with E-state index in [0.29, 0.717) is 48.7 Å². The molecule has 2 fully saturated rings. The molecule has 0 spiro atoms. The molecule has 2 N–H and O–H groups in total. The average molecular weight is 542 g/mol. The summed E-state index contributed by atoms with van der Waals surface area (Å²) >= 11 is 0. The molecule has 0 radical (unpaired) electrons. The Hall–Kier alpha value is -2.32. The second kappa shape index (κ2) is 11.6. The van der Waals surface area contributed by atoms with Crippen LogP contribution in [0.1, 0.15) is 58.2 Å². The smallest absolute Gasteiger partial charge is 0.354 e. The van der Waals surface area contributed by atoms with Crippen LogP contribution < -0.4 is 15.5 Å². The first-order valence-electron chi connectivity index (χ1n) is 12.5. The van der Waals surface area contributed by atoms with Crippen LogP contribution >= 0.6 is 9.24 Å². The molecule has 1 aliphatic heterocycles. The molecule has 1 aliphatic carbocycles. The van der Waals surface area contributed by atoms with Crippen LogP contribution in [-0.2, 0) is 10.2 Å². The number of halogens is 4. The second-order valence-corrected chi connectivity index (χ2v) is 10.6. The van der Waals surface area contributed by atoms with E-state index < -0.39 is 29.3 Å². The van der Waals surface area contributed by atoms with Crippen LogP contribution in [-0.4, -0.2) is 54.5 Å². The number of alkyl halides is 4. The summed E-state index contributed by atoms with van der Waals surface area (Å²) in [7, 11) is 2.09. The van der Waals surface area contributed by atoms with Crippen molar-refractivity contribution < 1.29 is 22.4 Å². The largest absolute Gasteiger partial charge is 0.398 e. The fraction of sp³-hybridized carbons (Fsp3) is 0.577. The van der Waals surface area contributed by atoms with Crippen molar-refractivity contribution >= 4 is 32.4 Å². The molecule has 3 rings (SSSR count). The maximum atomic E-state index is 14.6. The third-order valence-electron chi connectivity index (χ3n) is 7.30. The van der Waals surface area contributed by atoms with E-state index in [1.54, 1.807) is 19.9 Å². The number of hydrogen-bond acceptors (Lipinski definition) is 5. The number of anilines is 1. The van der Waals surface area contributed by atoms with Gasteiger partial charge in [0.25, 0.3) is 0 Å². The molecular weight excluding hydrogens is 505 g/mol. The van der Waals surface area contributed by atoms with Crippen molar-refractivity contribution in [3.05, 3.63) is 41.7 Å². The Labute approximate surface area is 218 Å². The van der Waals surface area contributed by atoms with E-state index in [2.05, 4.69) is 31.4 Å². The van der Waals surface area contributed by atoms with Crippen molar-refractivity contribution in [1.29, 1.82) is 0 Å². The molecule has 0 aromatic carbocycles. The highest BCUT2D eigenvalue weighted by Gasteiger charge is 2.59. The predicted octanol–water partition coefficient (Wildman–Crippen LogP) is 5.12. The molecule has 3 unspecified atom stereocenters. The van der Waals surface area contributed by atoms with E-state index >= 15 is 0 Å². The molecule has 1 amide bonds. The number of aliphatic imine (C=N–C) groups is 1. The van der Waals surface area contributed by atoms with E-state index in [9.17, 15) is 22.4 Å². The Morgan fingerprint density at radius 1 is 1.38 bits per heavy atom. The molecule has 0 bridgehead atoms. The van der Waals surface area contributed by atoms with Gasteiger partial charge in [-0.05, 0) is 50.0 Å². The molecule has 4 atom stereocenters. The van der Waals surface area contributed by atoms with Crippen LogP contribution in [0.25, 0.3) is 5.57 Å². The van der Waals surface area contributed by atoms with Gasteiger partial charge in [0.2, 0.25) is 5.91 Å². The fourth-order valence-corrected chi connectivity index (χ4v) is 5.20. The first-order valence-corrected chi connectivity index (χ1v) is 13.1. The summed E-state index contributed by atoms with van der Waals surface area (Å²) in [4.78, 5) is 22.8. The Balaban J connectivity index is 2.29. The van der Waals surface area contributed by atoms with Crippen molar-refractivity contribution in [2.75, 3.05) is 24.5 Å². The topological polar surface area (TPSA) is 69.6 Å². The molecule has 204 valence electrons. The van der Waals surface area contributed by atoms with Crippen molar-refractivity contribution in [3.63, 3.8) is 0 Å². The van der Waals surface area contributed by atoms with E-state index in [0.717, 1.165) is 0 Å². The number of amidine groups is 1. The summed E-state index contributed by atoms with van der Waals surface area (Å²) in [6.07, 6.45) is -2.68. The minimum absolute atomic E-state index is 0.0105. The number of hydrogen-bond donors (Lipinski definition) is 2. The maximum absolute atomic E-state index is 14.6. The number of allylic oxidation sites excluding steroid dienone is 1. The third-order valence-corrected chi connectivity index (χ3v) is 7.88. The van der Waals surface area contributed by atoms with E-state index in [4.69, 9.17) is 4.98 Å². The summed E-state index contributed by atoms with van der Waals surface area (Å²) in [6, 6.07) is 3.18. The van der Waals surface area contributed by atoms with Crippen LogP contribution in [0.2, 0.25) is 0 Å². The zero-order chi connectivity index (χ0) is 27.5. The van der Waals surface area contributed by atoms with Gasteiger partial charge in [-0.3, -0.25) is 4.79 Å². The normalized spacial score (nSPS) is 22.5. The van der Waals surface area contributed by atoms with E-state index in [1.165, 1.54) is 19.2 Å². The zero-order valence-electron chi connectivity index (χ0n) is 21.8. The number of nitrogens with one attached hydrogen (secondary N) is 2. The van der Waals surface area contributed by atoms with Gasteiger partial charge in [-0.25, -0.2) is 14.4 Å². The SMILES string of the molecule is C=CN=C(NC(C)=O)/C(=C(\C)c1cc(C2(C(F)(F)F)CCC2)cc(N2CCN[C@@H](C)C2)n1)C(C)C(F)P. The number of aromatic nitrogens is 1. The quantitative estimate of drug-likeness (QED) is 0.218. The second-order valence-electron chi connectivity index (χ2n) is 9.95. The van der Waals surface area contributed by atoms with Crippen LogP contribution in [0.15, 0.2) is 35.5 Å². The van der Waals surface area contributed by atoms with Gasteiger partial charge in [0, 0.05) is 50.3 Å². The molecule has 1 aromatic heterocycles. The van der Waals surface area contributed by atoms with Gasteiger partial charge in [-0.2, -0.15) is 13.2 Å². The van der Waals surface area contributed by atoms with Gasteiger partial charge in [-0.15, -0.1) is 9.24 Å². The molecule has 2 aliphatic rings. The summed E-state index contributed by atoms with van der Waals surface area (Å²) in [6.45, 7) is 12.1. The van der Waals surface area contributed by atoms with Gasteiger partial charge in [0.15, 0.2) is 0 Å². The van der Waals surface area contributed by atoms with Crippen molar-refractivity contribution in [2.45, 2.75) is 70.5 Å². The van der Waals surface area contributed by atoms with Crippen molar-refractivity contribution in [2.24, 2.45) is 10.9 Å². The summed E-state index contributed by atoms with van der Waals surface area (Å²) in [5, 5.41) is 5.96. The average Bonchev–Trinajstić information content (AvgIpc) is 2.76. The standard InChI is InChI=1S/C26H36F4N5OP/c1-6-31-24(33-18(5)36)22(17(4)23(27)37)16(3)20-12-19(25(8-7-9-25)26(28,29)30)13-21(34-20)35-11-10-32-15(2)14-35/h6,12-13,15,17,23,32H,1,7-11,14,37H2,2-5H3,(H,31,33,36)/b22-16+/t15-,17?,23?/m0/s1. The first kappa shape index (κ1) is 29.2. The number of nitrogens with zero attached hydrogens (tertiary/aromatic N) is 3. The zero-order valence-corrected chi connectivity index (χ0v) is 22.9. The maximum Gasteiger partial charge on any atom is 0.398 e. The molecule has 1 saturated carbocycles. The van der Waals surface area contributed by atoms with Gasteiger partial charge in [-0.1, -0.05) is 19.9 Å². The van der Waals surface area contributed by atoms with Crippen molar-refractivity contribution in [3.8, 4) is 0 Å². The Kier molecular flexibility index (Phi) is 9.17. The molecule has 11 heteroatoms. The van der Waals surface area contributed by atoms with Gasteiger partial charge < -0.3 is 15.5 Å². The Morgan fingerprint density at radius 2 is 2.05 bits per heavy atom. The predicted molar refractivity (Wildman–Crippen MR) is 143 cm³/mol. The lowest BCUT2D eigenvalue weighted by Gasteiger charge is -2.44. The van der Waals surface area contributed by atoms with Crippen LogP contribution in [0.5, 0.6) is 0 Å². The van der Waals surface area contributed by atoms with E-state index in [1.807, 2.05) is 11.8 Å². The molecule has 1 saturated heterocycles. The number of rotatable bonds is 7.